The molecule has 10 heteroatoms. The number of carbonyl (C=O) groups is 2. The Bertz CT molecular complexity index is 1740. The molecule has 4 N–H and O–H groups in total. The van der Waals surface area contributed by atoms with Gasteiger partial charge in [-0.25, -0.2) is 9.59 Å². The summed E-state index contributed by atoms with van der Waals surface area (Å²) < 4.78 is 18.2. The number of urea groups is 1. The molecule has 4 aromatic rings. The molecule has 268 valence electrons. The van der Waals surface area contributed by atoms with Gasteiger partial charge in [0.1, 0.15) is 6.04 Å². The van der Waals surface area contributed by atoms with E-state index in [4.69, 9.17) is 14.2 Å². The van der Waals surface area contributed by atoms with Crippen LogP contribution in [0.4, 0.5) is 4.79 Å². The molecule has 2 saturated heterocycles. The number of aliphatic hydroxyl groups excluding tert-OH is 2. The van der Waals surface area contributed by atoms with Crippen molar-refractivity contribution in [3.8, 4) is 11.1 Å². The number of hydrogen-bond acceptors (Lipinski definition) is 8. The van der Waals surface area contributed by atoms with Crippen LogP contribution in [0.5, 0.6) is 0 Å². The predicted octanol–water partition coefficient (Wildman–Crippen LogP) is 5.43. The Morgan fingerprint density at radius 2 is 1.61 bits per heavy atom. The minimum atomic E-state index is -0.818. The first kappa shape index (κ1) is 36.2. The van der Waals surface area contributed by atoms with Gasteiger partial charge in [0.05, 0.1) is 32.5 Å². The zero-order valence-electron chi connectivity index (χ0n) is 28.9. The molecule has 51 heavy (non-hydrogen) atoms. The van der Waals surface area contributed by atoms with Gasteiger partial charge in [0, 0.05) is 37.5 Å². The lowest BCUT2D eigenvalue weighted by Crippen LogP contribution is -2.47. The molecule has 4 aromatic carbocycles. The predicted molar refractivity (Wildman–Crippen MR) is 193 cm³/mol. The van der Waals surface area contributed by atoms with Gasteiger partial charge >= 0.3 is 12.0 Å². The first-order valence-electron chi connectivity index (χ1n) is 17.6. The molecule has 2 fully saturated rings. The summed E-state index contributed by atoms with van der Waals surface area (Å²) in [6.07, 6.45) is 2.14. The van der Waals surface area contributed by atoms with Crippen molar-refractivity contribution in [2.24, 2.45) is 0 Å². The van der Waals surface area contributed by atoms with E-state index in [0.717, 1.165) is 58.3 Å². The van der Waals surface area contributed by atoms with E-state index in [1.54, 1.807) is 0 Å². The maximum absolute atomic E-state index is 12.9. The molecule has 0 bridgehead atoms. The molecule has 0 aliphatic carbocycles. The smallest absolute Gasteiger partial charge is 0.328 e. The molecule has 0 radical (unpaired) electrons. The summed E-state index contributed by atoms with van der Waals surface area (Å²) in [4.78, 5) is 27.6. The molecular weight excluding hydrogens is 646 g/mol. The SMILES string of the molecule is COC(=O)C(Cc1ccccc1)NC(=O)NCc1cccc(-c2cccc(C3OC(CN4CCCC4CO)CC(c4ccc(CO)cc4)O3)c2)c1. The third-order valence-corrected chi connectivity index (χ3v) is 9.71. The standard InChI is InChI=1S/C41H47N3O7/c1-49-39(47)37(21-28-8-3-2-4-9-28)43-41(48)42-24-30-10-5-11-32(20-30)33-12-6-13-34(22-33)40-50-36(25-44-19-7-14-35(44)27-46)23-38(51-40)31-17-15-29(26-45)16-18-31/h2-6,8-13,15-18,20,22,35-38,40,45-46H,7,14,19,21,23-27H2,1H3,(H2,42,43,48). The van der Waals surface area contributed by atoms with E-state index in [0.29, 0.717) is 19.4 Å². The second-order valence-corrected chi connectivity index (χ2v) is 13.2. The van der Waals surface area contributed by atoms with Crippen LogP contribution in [0.15, 0.2) is 103 Å². The Morgan fingerprint density at radius 3 is 2.35 bits per heavy atom. The Labute approximate surface area is 299 Å². The number of aliphatic hydroxyl groups is 2. The van der Waals surface area contributed by atoms with E-state index in [1.807, 2.05) is 97.1 Å². The molecule has 5 atom stereocenters. The quantitative estimate of drug-likeness (QED) is 0.137. The average Bonchev–Trinajstić information content (AvgIpc) is 3.64. The summed E-state index contributed by atoms with van der Waals surface area (Å²) in [5, 5.41) is 25.1. The topological polar surface area (TPSA) is 130 Å². The maximum atomic E-state index is 12.9. The maximum Gasteiger partial charge on any atom is 0.328 e. The lowest BCUT2D eigenvalue weighted by atomic mass is 9.98. The molecule has 2 aliphatic rings. The highest BCUT2D eigenvalue weighted by Crippen LogP contribution is 2.39. The molecule has 6 rings (SSSR count). The summed E-state index contributed by atoms with van der Waals surface area (Å²) in [5.41, 5.74) is 6.53. The van der Waals surface area contributed by atoms with Gasteiger partial charge in [-0.1, -0.05) is 91.0 Å². The van der Waals surface area contributed by atoms with Crippen LogP contribution in [-0.4, -0.2) is 72.1 Å². The third kappa shape index (κ3) is 9.61. The Hall–Kier alpha value is -4.58. The van der Waals surface area contributed by atoms with Crippen LogP contribution in [0.1, 0.15) is 59.5 Å². The molecular formula is C41H47N3O7. The number of esters is 1. The Kier molecular flexibility index (Phi) is 12.5. The second kappa shape index (κ2) is 17.6. The van der Waals surface area contributed by atoms with E-state index >= 15 is 0 Å². The fourth-order valence-corrected chi connectivity index (χ4v) is 6.94. The van der Waals surface area contributed by atoms with Crippen LogP contribution in [0.2, 0.25) is 0 Å². The second-order valence-electron chi connectivity index (χ2n) is 13.2. The van der Waals surface area contributed by atoms with Crippen molar-refractivity contribution in [2.45, 2.75) is 69.4 Å². The highest BCUT2D eigenvalue weighted by molar-refractivity contribution is 5.83. The van der Waals surface area contributed by atoms with Crippen molar-refractivity contribution >= 4 is 12.0 Å². The Morgan fingerprint density at radius 1 is 0.863 bits per heavy atom. The zero-order chi connectivity index (χ0) is 35.6. The summed E-state index contributed by atoms with van der Waals surface area (Å²) >= 11 is 0. The zero-order valence-corrected chi connectivity index (χ0v) is 28.9. The highest BCUT2D eigenvalue weighted by Gasteiger charge is 2.35. The molecule has 0 saturated carbocycles. The number of methoxy groups -OCH3 is 1. The van der Waals surface area contributed by atoms with Crippen LogP contribution < -0.4 is 10.6 Å². The Balaban J connectivity index is 1.14. The van der Waals surface area contributed by atoms with Gasteiger partial charge in [-0.3, -0.25) is 4.90 Å². The van der Waals surface area contributed by atoms with Crippen LogP contribution in [-0.2, 0) is 38.6 Å². The first-order valence-corrected chi connectivity index (χ1v) is 17.6. The summed E-state index contributed by atoms with van der Waals surface area (Å²) in [6, 6.07) is 32.3. The van der Waals surface area contributed by atoms with E-state index in [1.165, 1.54) is 7.11 Å². The minimum absolute atomic E-state index is 0.0143. The minimum Gasteiger partial charge on any atom is -0.467 e. The van der Waals surface area contributed by atoms with E-state index in [2.05, 4.69) is 21.6 Å². The van der Waals surface area contributed by atoms with Gasteiger partial charge in [-0.05, 0) is 64.9 Å². The molecule has 2 aliphatic heterocycles. The summed E-state index contributed by atoms with van der Waals surface area (Å²) in [6.45, 7) is 2.04. The number of benzene rings is 4. The van der Waals surface area contributed by atoms with Gasteiger partial charge < -0.3 is 35.1 Å². The van der Waals surface area contributed by atoms with Crippen molar-refractivity contribution in [3.63, 3.8) is 0 Å². The molecule has 0 spiro atoms. The number of nitrogens with one attached hydrogen (secondary N) is 2. The van der Waals surface area contributed by atoms with E-state index in [-0.39, 0.29) is 38.0 Å². The lowest BCUT2D eigenvalue weighted by Gasteiger charge is -2.38. The van der Waals surface area contributed by atoms with Crippen molar-refractivity contribution in [1.29, 1.82) is 0 Å². The molecule has 10 nitrogen and oxygen atoms in total. The van der Waals surface area contributed by atoms with Crippen molar-refractivity contribution < 1.29 is 34.0 Å². The normalized spacial score (nSPS) is 21.2. The monoisotopic (exact) mass is 693 g/mol. The van der Waals surface area contributed by atoms with Crippen LogP contribution in [0, 0.1) is 0 Å². The number of ether oxygens (including phenoxy) is 3. The van der Waals surface area contributed by atoms with E-state index in [9.17, 15) is 19.8 Å². The van der Waals surface area contributed by atoms with Crippen LogP contribution >= 0.6 is 0 Å². The van der Waals surface area contributed by atoms with Crippen molar-refractivity contribution in [3.05, 3.63) is 131 Å². The van der Waals surface area contributed by atoms with Crippen LogP contribution in [0.25, 0.3) is 11.1 Å². The number of nitrogens with zero attached hydrogens (tertiary/aromatic N) is 1. The third-order valence-electron chi connectivity index (χ3n) is 9.71. The lowest BCUT2D eigenvalue weighted by molar-refractivity contribution is -0.253. The molecule has 0 aromatic heterocycles. The van der Waals surface area contributed by atoms with Gasteiger partial charge in [0.2, 0.25) is 0 Å². The van der Waals surface area contributed by atoms with Gasteiger partial charge in [-0.15, -0.1) is 0 Å². The fourth-order valence-electron chi connectivity index (χ4n) is 6.94. The number of likely N-dealkylation sites (tertiary alicyclic amines) is 1. The largest absolute Gasteiger partial charge is 0.467 e. The van der Waals surface area contributed by atoms with Gasteiger partial charge in [0.15, 0.2) is 6.29 Å². The summed E-state index contributed by atoms with van der Waals surface area (Å²) in [5.74, 6) is -0.510. The number of hydrogen-bond donors (Lipinski definition) is 4. The first-order chi connectivity index (χ1) is 24.9. The van der Waals surface area contributed by atoms with Crippen LogP contribution in [0.3, 0.4) is 0 Å². The van der Waals surface area contributed by atoms with Gasteiger partial charge in [-0.2, -0.15) is 0 Å². The number of rotatable bonds is 13. The van der Waals surface area contributed by atoms with Gasteiger partial charge in [0.25, 0.3) is 0 Å². The van der Waals surface area contributed by atoms with E-state index < -0.39 is 24.3 Å². The van der Waals surface area contributed by atoms with Crippen molar-refractivity contribution in [1.82, 2.24) is 15.5 Å². The number of amides is 2. The summed E-state index contributed by atoms with van der Waals surface area (Å²) in [7, 11) is 1.31. The molecule has 2 heterocycles. The number of carbonyl (C=O) groups excluding carboxylic acids is 2. The highest BCUT2D eigenvalue weighted by atomic mass is 16.7. The molecule has 2 amide bonds. The van der Waals surface area contributed by atoms with Crippen molar-refractivity contribution in [2.75, 3.05) is 26.8 Å². The molecule has 5 unspecified atom stereocenters. The average molecular weight is 694 g/mol. The fraction of sp³-hybridized carbons (Fsp3) is 0.366.